The Balaban J connectivity index is 2.05. The number of rotatable bonds is 4. The smallest absolute Gasteiger partial charge is 0.253 e. The molecule has 0 aliphatic carbocycles. The summed E-state index contributed by atoms with van der Waals surface area (Å²) in [5.74, 6) is -0.404. The Morgan fingerprint density at radius 3 is 2.85 bits per heavy atom. The molecule has 1 heterocycles. The quantitative estimate of drug-likeness (QED) is 0.895. The molecule has 1 saturated heterocycles. The third-order valence-corrected chi connectivity index (χ3v) is 3.35. The number of ether oxygens (including phenoxy) is 1. The lowest BCUT2D eigenvalue weighted by atomic mass is 10.1. The fourth-order valence-corrected chi connectivity index (χ4v) is 2.31. The van der Waals surface area contributed by atoms with Gasteiger partial charge in [-0.15, -0.1) is 0 Å². The highest BCUT2D eigenvalue weighted by molar-refractivity contribution is 6.34. The maximum atomic E-state index is 11.9. The topological polar surface area (TPSA) is 67.4 Å². The van der Waals surface area contributed by atoms with E-state index in [4.69, 9.17) is 16.3 Å². The van der Waals surface area contributed by atoms with Crippen molar-refractivity contribution in [3.8, 4) is 0 Å². The van der Waals surface area contributed by atoms with Gasteiger partial charge in [0.2, 0.25) is 0 Å². The third kappa shape index (κ3) is 3.49. The Labute approximate surface area is 122 Å². The second-order valence-electron chi connectivity index (χ2n) is 4.54. The van der Waals surface area contributed by atoms with Crippen LogP contribution in [0.15, 0.2) is 18.2 Å². The molecule has 2 amide bonds. The SMILES string of the molecule is CCNC(=O)c1ccc(NC(=O)C2CCCO2)cc1Cl. The van der Waals surface area contributed by atoms with Gasteiger partial charge in [0, 0.05) is 18.8 Å². The molecule has 0 bridgehead atoms. The van der Waals surface area contributed by atoms with Crippen molar-refractivity contribution in [1.82, 2.24) is 5.32 Å². The summed E-state index contributed by atoms with van der Waals surface area (Å²) < 4.78 is 5.30. The third-order valence-electron chi connectivity index (χ3n) is 3.04. The molecule has 0 saturated carbocycles. The lowest BCUT2D eigenvalue weighted by molar-refractivity contribution is -0.124. The van der Waals surface area contributed by atoms with E-state index in [1.54, 1.807) is 18.2 Å². The first-order valence-corrected chi connectivity index (χ1v) is 7.00. The summed E-state index contributed by atoms with van der Waals surface area (Å²) in [6.07, 6.45) is 1.24. The van der Waals surface area contributed by atoms with Crippen molar-refractivity contribution in [2.45, 2.75) is 25.9 Å². The molecule has 1 aliphatic rings. The van der Waals surface area contributed by atoms with Crippen LogP contribution >= 0.6 is 11.6 Å². The molecule has 0 aromatic heterocycles. The molecule has 1 unspecified atom stereocenters. The fourth-order valence-electron chi connectivity index (χ4n) is 2.04. The molecule has 2 N–H and O–H groups in total. The average molecular weight is 297 g/mol. The number of amides is 2. The molecule has 1 atom stereocenters. The number of hydrogen-bond acceptors (Lipinski definition) is 3. The van der Waals surface area contributed by atoms with Gasteiger partial charge in [-0.3, -0.25) is 9.59 Å². The Hall–Kier alpha value is -1.59. The van der Waals surface area contributed by atoms with Crippen molar-refractivity contribution in [2.24, 2.45) is 0 Å². The molecule has 1 aliphatic heterocycles. The molecule has 0 spiro atoms. The second-order valence-corrected chi connectivity index (χ2v) is 4.95. The zero-order valence-corrected chi connectivity index (χ0v) is 12.0. The summed E-state index contributed by atoms with van der Waals surface area (Å²) >= 11 is 6.06. The molecular weight excluding hydrogens is 280 g/mol. The van der Waals surface area contributed by atoms with E-state index >= 15 is 0 Å². The normalized spacial score (nSPS) is 17.8. The van der Waals surface area contributed by atoms with Gasteiger partial charge in [0.1, 0.15) is 6.10 Å². The van der Waals surface area contributed by atoms with Crippen LogP contribution in [0.1, 0.15) is 30.1 Å². The number of halogens is 1. The Bertz CT molecular complexity index is 513. The van der Waals surface area contributed by atoms with Crippen molar-refractivity contribution in [1.29, 1.82) is 0 Å². The number of benzene rings is 1. The van der Waals surface area contributed by atoms with Gasteiger partial charge >= 0.3 is 0 Å². The number of nitrogens with one attached hydrogen (secondary N) is 2. The summed E-state index contributed by atoms with van der Waals surface area (Å²) in [6.45, 7) is 2.99. The largest absolute Gasteiger partial charge is 0.368 e. The van der Waals surface area contributed by atoms with E-state index < -0.39 is 6.10 Å². The summed E-state index contributed by atoms with van der Waals surface area (Å²) in [5.41, 5.74) is 0.951. The minimum Gasteiger partial charge on any atom is -0.368 e. The van der Waals surface area contributed by atoms with Gasteiger partial charge in [-0.25, -0.2) is 0 Å². The minimum absolute atomic E-state index is 0.177. The first kappa shape index (κ1) is 14.8. The van der Waals surface area contributed by atoms with Gasteiger partial charge in [-0.05, 0) is 38.0 Å². The van der Waals surface area contributed by atoms with E-state index in [-0.39, 0.29) is 11.8 Å². The summed E-state index contributed by atoms with van der Waals surface area (Å²) in [7, 11) is 0. The lowest BCUT2D eigenvalue weighted by Crippen LogP contribution is -2.27. The van der Waals surface area contributed by atoms with Gasteiger partial charge in [0.25, 0.3) is 11.8 Å². The summed E-state index contributed by atoms with van der Waals surface area (Å²) in [4.78, 5) is 23.6. The summed E-state index contributed by atoms with van der Waals surface area (Å²) in [5, 5.41) is 5.73. The Kier molecular flexibility index (Phi) is 4.98. The van der Waals surface area contributed by atoms with Crippen LogP contribution in [-0.4, -0.2) is 31.1 Å². The number of hydrogen-bond donors (Lipinski definition) is 2. The molecule has 2 rings (SSSR count). The lowest BCUT2D eigenvalue weighted by Gasteiger charge is -2.11. The predicted molar refractivity (Wildman–Crippen MR) is 77.1 cm³/mol. The van der Waals surface area contributed by atoms with Crippen LogP contribution in [-0.2, 0) is 9.53 Å². The van der Waals surface area contributed by atoms with E-state index in [9.17, 15) is 9.59 Å². The maximum Gasteiger partial charge on any atom is 0.253 e. The van der Waals surface area contributed by atoms with E-state index in [0.717, 1.165) is 12.8 Å². The van der Waals surface area contributed by atoms with Gasteiger partial charge in [0.15, 0.2) is 0 Å². The average Bonchev–Trinajstić information content (AvgIpc) is 2.93. The van der Waals surface area contributed by atoms with Crippen LogP contribution in [0.4, 0.5) is 5.69 Å². The molecule has 108 valence electrons. The summed E-state index contributed by atoms with van der Waals surface area (Å²) in [6, 6.07) is 4.82. The van der Waals surface area contributed by atoms with Crippen molar-refractivity contribution in [2.75, 3.05) is 18.5 Å². The standard InChI is InChI=1S/C14H17ClN2O3/c1-2-16-13(18)10-6-5-9(8-11(10)15)17-14(19)12-4-3-7-20-12/h5-6,8,12H,2-4,7H2,1H3,(H,16,18)(H,17,19). The maximum absolute atomic E-state index is 11.9. The van der Waals surface area contributed by atoms with Crippen molar-refractivity contribution >= 4 is 29.1 Å². The van der Waals surface area contributed by atoms with Gasteiger partial charge < -0.3 is 15.4 Å². The highest BCUT2D eigenvalue weighted by Crippen LogP contribution is 2.22. The number of carbonyl (C=O) groups is 2. The first-order chi connectivity index (χ1) is 9.61. The molecule has 1 aromatic carbocycles. The van der Waals surface area contributed by atoms with E-state index in [1.807, 2.05) is 6.92 Å². The van der Waals surface area contributed by atoms with Crippen LogP contribution in [0.2, 0.25) is 5.02 Å². The highest BCUT2D eigenvalue weighted by atomic mass is 35.5. The fraction of sp³-hybridized carbons (Fsp3) is 0.429. The monoisotopic (exact) mass is 296 g/mol. The van der Waals surface area contributed by atoms with Crippen molar-refractivity contribution < 1.29 is 14.3 Å². The van der Waals surface area contributed by atoms with Gasteiger partial charge in [0.05, 0.1) is 10.6 Å². The van der Waals surface area contributed by atoms with Gasteiger partial charge in [-0.2, -0.15) is 0 Å². The molecule has 5 nitrogen and oxygen atoms in total. The molecule has 20 heavy (non-hydrogen) atoms. The number of anilines is 1. The van der Waals surface area contributed by atoms with Crippen LogP contribution < -0.4 is 10.6 Å². The molecular formula is C14H17ClN2O3. The van der Waals surface area contributed by atoms with Crippen LogP contribution in [0.3, 0.4) is 0 Å². The predicted octanol–water partition coefficient (Wildman–Crippen LogP) is 2.21. The molecule has 0 radical (unpaired) electrons. The first-order valence-electron chi connectivity index (χ1n) is 6.62. The Morgan fingerprint density at radius 2 is 2.25 bits per heavy atom. The van der Waals surface area contributed by atoms with Crippen molar-refractivity contribution in [3.63, 3.8) is 0 Å². The zero-order chi connectivity index (χ0) is 14.5. The van der Waals surface area contributed by atoms with E-state index in [0.29, 0.717) is 29.4 Å². The molecule has 6 heteroatoms. The van der Waals surface area contributed by atoms with Crippen LogP contribution in [0, 0.1) is 0 Å². The van der Waals surface area contributed by atoms with Crippen LogP contribution in [0.5, 0.6) is 0 Å². The minimum atomic E-state index is -0.392. The second kappa shape index (κ2) is 6.72. The Morgan fingerprint density at radius 1 is 1.45 bits per heavy atom. The zero-order valence-electron chi connectivity index (χ0n) is 11.2. The van der Waals surface area contributed by atoms with E-state index in [1.165, 1.54) is 0 Å². The van der Waals surface area contributed by atoms with Gasteiger partial charge in [-0.1, -0.05) is 11.6 Å². The van der Waals surface area contributed by atoms with Crippen LogP contribution in [0.25, 0.3) is 0 Å². The molecule has 1 aromatic rings. The van der Waals surface area contributed by atoms with Crippen molar-refractivity contribution in [3.05, 3.63) is 28.8 Å². The number of carbonyl (C=O) groups excluding carboxylic acids is 2. The highest BCUT2D eigenvalue weighted by Gasteiger charge is 2.23. The van der Waals surface area contributed by atoms with E-state index in [2.05, 4.69) is 10.6 Å². The molecule has 1 fully saturated rings.